The zero-order chi connectivity index (χ0) is 16.6. The maximum absolute atomic E-state index is 12.5. The van der Waals surface area contributed by atoms with Gasteiger partial charge in [-0.1, -0.05) is 6.92 Å². The van der Waals surface area contributed by atoms with Gasteiger partial charge >= 0.3 is 5.97 Å². The molecule has 6 nitrogen and oxygen atoms in total. The van der Waals surface area contributed by atoms with Gasteiger partial charge in [0.1, 0.15) is 0 Å². The molecule has 0 radical (unpaired) electrons. The van der Waals surface area contributed by atoms with Crippen molar-refractivity contribution in [2.75, 3.05) is 13.1 Å². The van der Waals surface area contributed by atoms with Gasteiger partial charge in [-0.3, -0.25) is 14.4 Å². The fourth-order valence-corrected chi connectivity index (χ4v) is 2.90. The summed E-state index contributed by atoms with van der Waals surface area (Å²) in [6.07, 6.45) is 2.06. The molecule has 23 heavy (non-hydrogen) atoms. The first-order valence-electron chi connectivity index (χ1n) is 7.88. The Kier molecular flexibility index (Phi) is 4.07. The molecule has 2 amide bonds. The van der Waals surface area contributed by atoms with Crippen LogP contribution in [0.3, 0.4) is 0 Å². The Morgan fingerprint density at radius 2 is 1.70 bits per heavy atom. The van der Waals surface area contributed by atoms with Gasteiger partial charge in [0.15, 0.2) is 0 Å². The van der Waals surface area contributed by atoms with Crippen molar-refractivity contribution in [3.63, 3.8) is 0 Å². The number of hydrogen-bond acceptors (Lipinski definition) is 3. The van der Waals surface area contributed by atoms with Crippen LogP contribution in [0.15, 0.2) is 24.3 Å². The van der Waals surface area contributed by atoms with Crippen molar-refractivity contribution >= 4 is 17.8 Å². The van der Waals surface area contributed by atoms with Gasteiger partial charge in [-0.25, -0.2) is 0 Å². The molecule has 3 rings (SSSR count). The molecule has 6 heteroatoms. The molecule has 1 aromatic carbocycles. The Bertz CT molecular complexity index is 636. The van der Waals surface area contributed by atoms with E-state index in [1.165, 1.54) is 0 Å². The van der Waals surface area contributed by atoms with E-state index in [0.29, 0.717) is 23.7 Å². The monoisotopic (exact) mass is 316 g/mol. The standard InChI is InChI=1S/C17H20N2O4/c1-10-8-19(9-14(10)17(22)23)16(21)12-4-2-11(3-5-12)15(20)18-13-6-7-13/h2-5,10,13-14H,6-9H2,1H3,(H,18,20)(H,22,23)/t10-,14-/m1/s1. The van der Waals surface area contributed by atoms with E-state index < -0.39 is 11.9 Å². The minimum absolute atomic E-state index is 0.0555. The number of carbonyl (C=O) groups excluding carboxylic acids is 2. The molecule has 1 heterocycles. The van der Waals surface area contributed by atoms with E-state index in [2.05, 4.69) is 5.32 Å². The first-order chi connectivity index (χ1) is 11.0. The largest absolute Gasteiger partial charge is 0.481 e. The van der Waals surface area contributed by atoms with E-state index in [4.69, 9.17) is 5.11 Å². The Hall–Kier alpha value is -2.37. The van der Waals surface area contributed by atoms with Gasteiger partial charge in [-0.2, -0.15) is 0 Å². The summed E-state index contributed by atoms with van der Waals surface area (Å²) in [5.74, 6) is -1.73. The second-order valence-electron chi connectivity index (χ2n) is 6.46. The molecule has 1 saturated heterocycles. The number of amides is 2. The minimum atomic E-state index is -0.861. The lowest BCUT2D eigenvalue weighted by atomic mass is 9.99. The van der Waals surface area contributed by atoms with Crippen molar-refractivity contribution in [2.24, 2.45) is 11.8 Å². The van der Waals surface area contributed by atoms with Gasteiger partial charge in [0.2, 0.25) is 0 Å². The number of benzene rings is 1. The highest BCUT2D eigenvalue weighted by Gasteiger charge is 2.37. The number of nitrogens with one attached hydrogen (secondary N) is 1. The average Bonchev–Trinajstić information content (AvgIpc) is 3.25. The molecule has 0 spiro atoms. The number of likely N-dealkylation sites (tertiary alicyclic amines) is 1. The molecule has 2 atom stereocenters. The van der Waals surface area contributed by atoms with Crippen LogP contribution in [0.1, 0.15) is 40.5 Å². The smallest absolute Gasteiger partial charge is 0.308 e. The third kappa shape index (κ3) is 3.36. The first kappa shape index (κ1) is 15.5. The summed E-state index contributed by atoms with van der Waals surface area (Å²) in [5.41, 5.74) is 1.01. The third-order valence-electron chi connectivity index (χ3n) is 4.52. The molecule has 2 N–H and O–H groups in total. The van der Waals surface area contributed by atoms with Crippen LogP contribution in [-0.4, -0.2) is 46.9 Å². The summed E-state index contributed by atoms with van der Waals surface area (Å²) in [6, 6.07) is 6.83. The van der Waals surface area contributed by atoms with E-state index in [1.54, 1.807) is 29.2 Å². The van der Waals surface area contributed by atoms with Gasteiger partial charge in [0, 0.05) is 30.3 Å². The molecule has 122 valence electrons. The highest BCUT2D eigenvalue weighted by molar-refractivity contribution is 5.98. The molecule has 1 saturated carbocycles. The fraction of sp³-hybridized carbons (Fsp3) is 0.471. The molecule has 1 aliphatic heterocycles. The van der Waals surface area contributed by atoms with Gasteiger partial charge in [-0.15, -0.1) is 0 Å². The Morgan fingerprint density at radius 3 is 2.22 bits per heavy atom. The molecular formula is C17H20N2O4. The van der Waals surface area contributed by atoms with E-state index in [1.807, 2.05) is 6.92 Å². The van der Waals surface area contributed by atoms with Gasteiger partial charge < -0.3 is 15.3 Å². The fourth-order valence-electron chi connectivity index (χ4n) is 2.90. The zero-order valence-electron chi connectivity index (χ0n) is 13.0. The van der Waals surface area contributed by atoms with Crippen molar-refractivity contribution < 1.29 is 19.5 Å². The lowest BCUT2D eigenvalue weighted by Crippen LogP contribution is -2.30. The SMILES string of the molecule is C[C@@H]1CN(C(=O)c2ccc(C(=O)NC3CC3)cc2)C[C@H]1C(=O)O. The topological polar surface area (TPSA) is 86.7 Å². The van der Waals surface area contributed by atoms with Crippen LogP contribution in [0.4, 0.5) is 0 Å². The molecule has 0 unspecified atom stereocenters. The van der Waals surface area contributed by atoms with Gasteiger partial charge in [-0.05, 0) is 43.0 Å². The predicted molar refractivity (Wildman–Crippen MR) is 83.1 cm³/mol. The predicted octanol–water partition coefficient (Wildman–Crippen LogP) is 1.37. The van der Waals surface area contributed by atoms with Gasteiger partial charge in [0.25, 0.3) is 11.8 Å². The Balaban J connectivity index is 1.66. The summed E-state index contributed by atoms with van der Waals surface area (Å²) in [5, 5.41) is 12.0. The number of hydrogen-bond donors (Lipinski definition) is 2. The van der Waals surface area contributed by atoms with Crippen molar-refractivity contribution in [3.05, 3.63) is 35.4 Å². The highest BCUT2D eigenvalue weighted by atomic mass is 16.4. The molecule has 2 aliphatic rings. The van der Waals surface area contributed by atoms with Crippen molar-refractivity contribution in [1.82, 2.24) is 10.2 Å². The molecular weight excluding hydrogens is 296 g/mol. The molecule has 1 aromatic rings. The van der Waals surface area contributed by atoms with Crippen LogP contribution in [-0.2, 0) is 4.79 Å². The van der Waals surface area contributed by atoms with Crippen molar-refractivity contribution in [1.29, 1.82) is 0 Å². The second kappa shape index (κ2) is 6.02. The van der Waals surface area contributed by atoms with Crippen LogP contribution in [0.5, 0.6) is 0 Å². The quantitative estimate of drug-likeness (QED) is 0.878. The third-order valence-corrected chi connectivity index (χ3v) is 4.52. The van der Waals surface area contributed by atoms with Crippen LogP contribution >= 0.6 is 0 Å². The number of nitrogens with zero attached hydrogens (tertiary/aromatic N) is 1. The maximum Gasteiger partial charge on any atom is 0.308 e. The Labute approximate surface area is 134 Å². The van der Waals surface area contributed by atoms with Crippen molar-refractivity contribution in [3.8, 4) is 0 Å². The minimum Gasteiger partial charge on any atom is -0.481 e. The summed E-state index contributed by atoms with van der Waals surface area (Å²) in [6.45, 7) is 2.52. The normalized spacial score (nSPS) is 23.6. The van der Waals surface area contributed by atoms with Crippen LogP contribution < -0.4 is 5.32 Å². The second-order valence-corrected chi connectivity index (χ2v) is 6.46. The highest BCUT2D eigenvalue weighted by Crippen LogP contribution is 2.25. The average molecular weight is 316 g/mol. The molecule has 2 fully saturated rings. The number of carboxylic acids is 1. The maximum atomic E-state index is 12.5. The number of aliphatic carboxylic acids is 1. The molecule has 1 aliphatic carbocycles. The van der Waals surface area contributed by atoms with Crippen LogP contribution in [0.2, 0.25) is 0 Å². The summed E-state index contributed by atoms with van der Waals surface area (Å²) >= 11 is 0. The van der Waals surface area contributed by atoms with E-state index >= 15 is 0 Å². The summed E-state index contributed by atoms with van der Waals surface area (Å²) < 4.78 is 0. The van der Waals surface area contributed by atoms with Crippen molar-refractivity contribution in [2.45, 2.75) is 25.8 Å². The lowest BCUT2D eigenvalue weighted by molar-refractivity contribution is -0.142. The number of rotatable bonds is 4. The summed E-state index contributed by atoms with van der Waals surface area (Å²) in [4.78, 5) is 37.1. The summed E-state index contributed by atoms with van der Waals surface area (Å²) in [7, 11) is 0. The van der Waals surface area contributed by atoms with Crippen LogP contribution in [0.25, 0.3) is 0 Å². The lowest BCUT2D eigenvalue weighted by Gasteiger charge is -2.16. The molecule has 0 aromatic heterocycles. The Morgan fingerprint density at radius 1 is 1.09 bits per heavy atom. The molecule has 0 bridgehead atoms. The van der Waals surface area contributed by atoms with Crippen LogP contribution in [0, 0.1) is 11.8 Å². The van der Waals surface area contributed by atoms with E-state index in [0.717, 1.165) is 12.8 Å². The first-order valence-corrected chi connectivity index (χ1v) is 7.88. The number of carbonyl (C=O) groups is 3. The number of carboxylic acid groups (broad SMARTS) is 1. The zero-order valence-corrected chi connectivity index (χ0v) is 13.0. The van der Waals surface area contributed by atoms with E-state index in [-0.39, 0.29) is 24.3 Å². The van der Waals surface area contributed by atoms with E-state index in [9.17, 15) is 14.4 Å². The van der Waals surface area contributed by atoms with Gasteiger partial charge in [0.05, 0.1) is 5.92 Å².